The smallest absolute Gasteiger partial charge is 0.273 e. The third kappa shape index (κ3) is 5.01. The van der Waals surface area contributed by atoms with Crippen LogP contribution in [0.1, 0.15) is 67.2 Å². The Morgan fingerprint density at radius 3 is 2.76 bits per heavy atom. The van der Waals surface area contributed by atoms with Gasteiger partial charge in [0.15, 0.2) is 0 Å². The molecule has 154 valence electrons. The molecule has 2 atom stereocenters. The van der Waals surface area contributed by atoms with Crippen molar-refractivity contribution in [2.45, 2.75) is 51.0 Å². The zero-order chi connectivity index (χ0) is 20.1. The van der Waals surface area contributed by atoms with E-state index in [4.69, 9.17) is 0 Å². The molecule has 1 aliphatic heterocycles. The van der Waals surface area contributed by atoms with Gasteiger partial charge in [-0.05, 0) is 43.7 Å². The molecule has 1 aliphatic carbocycles. The third-order valence-electron chi connectivity index (χ3n) is 6.14. The summed E-state index contributed by atoms with van der Waals surface area (Å²) in [6.07, 6.45) is 9.02. The van der Waals surface area contributed by atoms with E-state index in [9.17, 15) is 9.59 Å². The number of hydrogen-bond donors (Lipinski definition) is 1. The quantitative estimate of drug-likeness (QED) is 0.782. The summed E-state index contributed by atoms with van der Waals surface area (Å²) < 4.78 is 0. The molecular formula is C22H28N4O2S. The van der Waals surface area contributed by atoms with Crippen LogP contribution >= 0.6 is 11.3 Å². The Labute approximate surface area is 175 Å². The first-order valence-electron chi connectivity index (χ1n) is 10.6. The van der Waals surface area contributed by atoms with E-state index < -0.39 is 0 Å². The van der Waals surface area contributed by atoms with E-state index >= 15 is 0 Å². The first kappa shape index (κ1) is 20.0. The lowest BCUT2D eigenvalue weighted by atomic mass is 9.88. The van der Waals surface area contributed by atoms with Crippen LogP contribution in [0.25, 0.3) is 0 Å². The molecule has 0 aromatic carbocycles. The van der Waals surface area contributed by atoms with Crippen molar-refractivity contribution in [2.24, 2.45) is 11.8 Å². The lowest BCUT2D eigenvalue weighted by Crippen LogP contribution is -2.45. The molecule has 2 aromatic heterocycles. The largest absolute Gasteiger partial charge is 0.347 e. The maximum atomic E-state index is 12.8. The van der Waals surface area contributed by atoms with Gasteiger partial charge in [0.1, 0.15) is 5.69 Å². The molecule has 4 rings (SSSR count). The Bertz CT molecular complexity index is 805. The molecule has 2 aromatic rings. The lowest BCUT2D eigenvalue weighted by Gasteiger charge is -2.37. The van der Waals surface area contributed by atoms with Crippen molar-refractivity contribution in [1.82, 2.24) is 20.2 Å². The third-order valence-corrected chi connectivity index (χ3v) is 6.73. The molecule has 2 amide bonds. The molecule has 0 radical (unpaired) electrons. The number of piperidine rings is 1. The van der Waals surface area contributed by atoms with Crippen LogP contribution in [0.15, 0.2) is 35.3 Å². The number of nitrogens with one attached hydrogen (secondary N) is 1. The van der Waals surface area contributed by atoms with E-state index in [1.165, 1.54) is 24.2 Å². The summed E-state index contributed by atoms with van der Waals surface area (Å²) in [5.41, 5.74) is 3.07. The van der Waals surface area contributed by atoms with Crippen molar-refractivity contribution in [3.05, 3.63) is 46.7 Å². The number of rotatable bonds is 6. The lowest BCUT2D eigenvalue weighted by molar-refractivity contribution is -0.123. The number of hydrogen-bond acceptors (Lipinski definition) is 5. The fraction of sp³-hybridized carbons (Fsp3) is 0.545. The summed E-state index contributed by atoms with van der Waals surface area (Å²) in [6.45, 7) is 1.35. The number of aromatic nitrogens is 2. The minimum Gasteiger partial charge on any atom is -0.347 e. The highest BCUT2D eigenvalue weighted by atomic mass is 32.1. The average Bonchev–Trinajstić information content (AvgIpc) is 3.47. The predicted molar refractivity (Wildman–Crippen MR) is 112 cm³/mol. The van der Waals surface area contributed by atoms with Gasteiger partial charge in [-0.1, -0.05) is 18.9 Å². The number of nitrogens with zero attached hydrogens (tertiary/aromatic N) is 3. The van der Waals surface area contributed by atoms with Crippen LogP contribution < -0.4 is 5.32 Å². The van der Waals surface area contributed by atoms with Crippen LogP contribution in [0.5, 0.6) is 0 Å². The second-order valence-electron chi connectivity index (χ2n) is 8.18. The second-order valence-corrected chi connectivity index (χ2v) is 8.90. The van der Waals surface area contributed by atoms with E-state index in [-0.39, 0.29) is 23.8 Å². The topological polar surface area (TPSA) is 75.2 Å². The Kier molecular flexibility index (Phi) is 6.54. The summed E-state index contributed by atoms with van der Waals surface area (Å²) in [5.74, 6) is 0.741. The monoisotopic (exact) mass is 412 g/mol. The summed E-state index contributed by atoms with van der Waals surface area (Å²) >= 11 is 1.43. The van der Waals surface area contributed by atoms with Gasteiger partial charge in [0.25, 0.3) is 5.91 Å². The molecule has 0 unspecified atom stereocenters. The number of carbonyl (C=O) groups is 2. The molecule has 1 N–H and O–H groups in total. The molecule has 2 fully saturated rings. The van der Waals surface area contributed by atoms with E-state index in [0.717, 1.165) is 37.9 Å². The Balaban J connectivity index is 1.47. The molecule has 7 heteroatoms. The van der Waals surface area contributed by atoms with Crippen molar-refractivity contribution >= 4 is 23.2 Å². The van der Waals surface area contributed by atoms with Gasteiger partial charge in [0.2, 0.25) is 5.91 Å². The zero-order valence-corrected chi connectivity index (χ0v) is 17.4. The highest BCUT2D eigenvalue weighted by Crippen LogP contribution is 2.31. The minimum absolute atomic E-state index is 0.0204. The molecule has 0 bridgehead atoms. The standard InChI is InChI=1S/C22H28N4O2S/c27-20(12-16-6-1-2-7-16)25-21(18-9-3-4-10-23-18)17-8-5-11-26(13-17)22(28)19-14-29-15-24-19/h3-4,9-10,14-17,21H,1-2,5-8,11-13H2,(H,25,27)/t17-,21+/m1/s1. The number of amides is 2. The van der Waals surface area contributed by atoms with Crippen LogP contribution in [-0.2, 0) is 4.79 Å². The maximum Gasteiger partial charge on any atom is 0.273 e. The fourth-order valence-corrected chi connectivity index (χ4v) is 5.17. The molecule has 1 saturated carbocycles. The predicted octanol–water partition coefficient (Wildman–Crippen LogP) is 3.83. The first-order valence-corrected chi connectivity index (χ1v) is 11.5. The van der Waals surface area contributed by atoms with Crippen LogP contribution in [-0.4, -0.2) is 39.8 Å². The fourth-order valence-electron chi connectivity index (χ4n) is 4.65. The molecule has 3 heterocycles. The number of thiazole rings is 1. The van der Waals surface area contributed by atoms with Gasteiger partial charge >= 0.3 is 0 Å². The summed E-state index contributed by atoms with van der Waals surface area (Å²) in [6, 6.07) is 5.65. The summed E-state index contributed by atoms with van der Waals surface area (Å²) in [7, 11) is 0. The minimum atomic E-state index is -0.170. The number of carbonyl (C=O) groups excluding carboxylic acids is 2. The Morgan fingerprint density at radius 1 is 1.17 bits per heavy atom. The Hall–Kier alpha value is -2.28. The van der Waals surface area contributed by atoms with Gasteiger partial charge in [0, 0.05) is 37.0 Å². The van der Waals surface area contributed by atoms with E-state index in [1.54, 1.807) is 17.1 Å². The van der Waals surface area contributed by atoms with Gasteiger partial charge in [-0.15, -0.1) is 11.3 Å². The van der Waals surface area contributed by atoms with Crippen molar-refractivity contribution in [3.63, 3.8) is 0 Å². The maximum absolute atomic E-state index is 12.8. The highest BCUT2D eigenvalue weighted by Gasteiger charge is 2.33. The Morgan fingerprint density at radius 2 is 2.03 bits per heavy atom. The summed E-state index contributed by atoms with van der Waals surface area (Å²) in [5, 5.41) is 5.07. The van der Waals surface area contributed by atoms with Gasteiger partial charge in [-0.2, -0.15) is 0 Å². The SMILES string of the molecule is O=C(CC1CCCC1)N[C@H](c1ccccn1)[C@@H]1CCCN(C(=O)c2cscn2)C1. The first-order chi connectivity index (χ1) is 14.2. The molecule has 6 nitrogen and oxygen atoms in total. The van der Waals surface area contributed by atoms with Crippen LogP contribution in [0, 0.1) is 11.8 Å². The van der Waals surface area contributed by atoms with Crippen molar-refractivity contribution in [1.29, 1.82) is 0 Å². The highest BCUT2D eigenvalue weighted by molar-refractivity contribution is 7.07. The average molecular weight is 413 g/mol. The van der Waals surface area contributed by atoms with Crippen LogP contribution in [0.4, 0.5) is 0 Å². The molecule has 2 aliphatic rings. The van der Waals surface area contributed by atoms with E-state index in [2.05, 4.69) is 15.3 Å². The van der Waals surface area contributed by atoms with Crippen molar-refractivity contribution in [2.75, 3.05) is 13.1 Å². The van der Waals surface area contributed by atoms with Crippen LogP contribution in [0.2, 0.25) is 0 Å². The zero-order valence-electron chi connectivity index (χ0n) is 16.6. The van der Waals surface area contributed by atoms with Crippen molar-refractivity contribution in [3.8, 4) is 0 Å². The number of likely N-dealkylation sites (tertiary alicyclic amines) is 1. The van der Waals surface area contributed by atoms with E-state index in [0.29, 0.717) is 24.6 Å². The molecule has 1 saturated heterocycles. The van der Waals surface area contributed by atoms with Crippen molar-refractivity contribution < 1.29 is 9.59 Å². The normalized spacial score (nSPS) is 21.1. The molecular weight excluding hydrogens is 384 g/mol. The van der Waals surface area contributed by atoms with Gasteiger partial charge in [-0.3, -0.25) is 14.6 Å². The molecule has 29 heavy (non-hydrogen) atoms. The van der Waals surface area contributed by atoms with Crippen LogP contribution in [0.3, 0.4) is 0 Å². The van der Waals surface area contributed by atoms with Gasteiger partial charge < -0.3 is 10.2 Å². The summed E-state index contributed by atoms with van der Waals surface area (Å²) in [4.78, 5) is 36.2. The molecule has 0 spiro atoms. The number of pyridine rings is 1. The van der Waals surface area contributed by atoms with E-state index in [1.807, 2.05) is 23.1 Å². The van der Waals surface area contributed by atoms with Gasteiger partial charge in [-0.25, -0.2) is 4.98 Å². The second kappa shape index (κ2) is 9.48. The van der Waals surface area contributed by atoms with Gasteiger partial charge in [0.05, 0.1) is 17.2 Å².